The lowest BCUT2D eigenvalue weighted by molar-refractivity contribution is 0.155. The SMILES string of the molecule is O=C(Nc1cccc(-c2cc(-c3ccc(OCc4ccccc4)c(OCc4ccccc4)c3)n(-c3ccccn3)n2)c1)OCc1ccccc1. The van der Waals surface area contributed by atoms with Gasteiger partial charge in [-0.1, -0.05) is 109 Å². The van der Waals surface area contributed by atoms with Crippen LogP contribution in [-0.4, -0.2) is 20.9 Å². The Kier molecular flexibility index (Phi) is 9.88. The fraction of sp³-hybridized carbons (Fsp3) is 0.0714. The van der Waals surface area contributed by atoms with Crippen molar-refractivity contribution in [2.24, 2.45) is 0 Å². The molecule has 0 bridgehead atoms. The van der Waals surface area contributed by atoms with E-state index in [0.717, 1.165) is 33.5 Å². The summed E-state index contributed by atoms with van der Waals surface area (Å²) in [6.07, 6.45) is 1.20. The highest BCUT2D eigenvalue weighted by Gasteiger charge is 2.17. The molecule has 0 spiro atoms. The van der Waals surface area contributed by atoms with Crippen LogP contribution in [-0.2, 0) is 24.6 Å². The van der Waals surface area contributed by atoms with Crippen molar-refractivity contribution in [2.75, 3.05) is 5.32 Å². The van der Waals surface area contributed by atoms with Crippen LogP contribution in [0, 0.1) is 0 Å². The molecular formula is C42H34N4O4. The molecule has 0 radical (unpaired) electrons. The van der Waals surface area contributed by atoms with Crippen LogP contribution < -0.4 is 14.8 Å². The second-order valence-corrected chi connectivity index (χ2v) is 11.5. The molecular weight excluding hydrogens is 624 g/mol. The van der Waals surface area contributed by atoms with Gasteiger partial charge in [0.15, 0.2) is 17.3 Å². The predicted molar refractivity (Wildman–Crippen MR) is 194 cm³/mol. The molecule has 0 fully saturated rings. The van der Waals surface area contributed by atoms with E-state index in [1.165, 1.54) is 0 Å². The van der Waals surface area contributed by atoms with Crippen molar-refractivity contribution in [1.29, 1.82) is 0 Å². The number of carbonyl (C=O) groups is 1. The van der Waals surface area contributed by atoms with E-state index in [9.17, 15) is 4.79 Å². The molecule has 0 aliphatic heterocycles. The molecule has 0 saturated carbocycles. The summed E-state index contributed by atoms with van der Waals surface area (Å²) in [5, 5.41) is 7.82. The van der Waals surface area contributed by atoms with Crippen LogP contribution in [0.4, 0.5) is 10.5 Å². The van der Waals surface area contributed by atoms with Gasteiger partial charge in [0.2, 0.25) is 0 Å². The van der Waals surface area contributed by atoms with E-state index in [0.29, 0.717) is 41.9 Å². The summed E-state index contributed by atoms with van der Waals surface area (Å²) in [5.41, 5.74) is 6.78. The zero-order chi connectivity index (χ0) is 34.0. The fourth-order valence-electron chi connectivity index (χ4n) is 5.38. The highest BCUT2D eigenvalue weighted by Crippen LogP contribution is 2.36. The van der Waals surface area contributed by atoms with Crippen molar-refractivity contribution in [2.45, 2.75) is 19.8 Å². The van der Waals surface area contributed by atoms with E-state index in [2.05, 4.69) is 10.3 Å². The van der Waals surface area contributed by atoms with Crippen LogP contribution in [0.2, 0.25) is 0 Å². The van der Waals surface area contributed by atoms with Crippen molar-refractivity contribution >= 4 is 11.8 Å². The number of aromatic nitrogens is 3. The summed E-state index contributed by atoms with van der Waals surface area (Å²) in [5.74, 6) is 1.90. The van der Waals surface area contributed by atoms with Gasteiger partial charge in [-0.3, -0.25) is 5.32 Å². The molecule has 5 aromatic carbocycles. The minimum Gasteiger partial charge on any atom is -0.485 e. The van der Waals surface area contributed by atoms with Gasteiger partial charge in [0, 0.05) is 23.0 Å². The lowest BCUT2D eigenvalue weighted by Crippen LogP contribution is -2.13. The molecule has 0 aliphatic carbocycles. The Balaban J connectivity index is 1.19. The molecule has 0 aliphatic rings. The number of pyridine rings is 1. The maximum absolute atomic E-state index is 12.6. The van der Waals surface area contributed by atoms with Crippen molar-refractivity contribution in [1.82, 2.24) is 14.8 Å². The van der Waals surface area contributed by atoms with Gasteiger partial charge in [0.1, 0.15) is 19.8 Å². The Bertz CT molecular complexity index is 2160. The van der Waals surface area contributed by atoms with E-state index in [-0.39, 0.29) is 6.61 Å². The lowest BCUT2D eigenvalue weighted by Gasteiger charge is -2.15. The average Bonchev–Trinajstić information content (AvgIpc) is 3.63. The first-order valence-corrected chi connectivity index (χ1v) is 16.3. The van der Waals surface area contributed by atoms with Gasteiger partial charge in [-0.05, 0) is 65.2 Å². The minimum atomic E-state index is -0.539. The third-order valence-corrected chi connectivity index (χ3v) is 7.91. The topological polar surface area (TPSA) is 87.5 Å². The highest BCUT2D eigenvalue weighted by atomic mass is 16.5. The largest absolute Gasteiger partial charge is 0.485 e. The second kappa shape index (κ2) is 15.5. The molecule has 0 atom stereocenters. The van der Waals surface area contributed by atoms with Crippen LogP contribution in [0.3, 0.4) is 0 Å². The zero-order valence-electron chi connectivity index (χ0n) is 27.2. The highest BCUT2D eigenvalue weighted by molar-refractivity contribution is 5.86. The number of anilines is 1. The number of hydrogen-bond donors (Lipinski definition) is 1. The third-order valence-electron chi connectivity index (χ3n) is 7.91. The van der Waals surface area contributed by atoms with Crippen molar-refractivity contribution < 1.29 is 19.0 Å². The van der Waals surface area contributed by atoms with Gasteiger partial charge >= 0.3 is 6.09 Å². The Morgan fingerprint density at radius 1 is 0.580 bits per heavy atom. The number of ether oxygens (including phenoxy) is 3. The van der Waals surface area contributed by atoms with Crippen LogP contribution >= 0.6 is 0 Å². The Hall–Kier alpha value is -6.67. The molecule has 0 unspecified atom stereocenters. The number of nitrogens with zero attached hydrogens (tertiary/aromatic N) is 3. The monoisotopic (exact) mass is 658 g/mol. The Morgan fingerprint density at radius 3 is 1.88 bits per heavy atom. The smallest absolute Gasteiger partial charge is 0.411 e. The van der Waals surface area contributed by atoms with Gasteiger partial charge in [-0.2, -0.15) is 5.10 Å². The summed E-state index contributed by atoms with van der Waals surface area (Å²) in [6.45, 7) is 0.962. The minimum absolute atomic E-state index is 0.178. The maximum atomic E-state index is 12.6. The van der Waals surface area contributed by atoms with E-state index in [1.54, 1.807) is 6.20 Å². The molecule has 8 heteroatoms. The predicted octanol–water partition coefficient (Wildman–Crippen LogP) is 9.51. The molecule has 7 rings (SSSR count). The van der Waals surface area contributed by atoms with E-state index in [1.807, 2.05) is 162 Å². The average molecular weight is 659 g/mol. The van der Waals surface area contributed by atoms with Crippen molar-refractivity contribution in [3.8, 4) is 39.8 Å². The number of amides is 1. The molecule has 1 N–H and O–H groups in total. The molecule has 246 valence electrons. The van der Waals surface area contributed by atoms with E-state index in [4.69, 9.17) is 19.3 Å². The van der Waals surface area contributed by atoms with Gasteiger partial charge in [-0.25, -0.2) is 14.5 Å². The third kappa shape index (κ3) is 8.06. The molecule has 50 heavy (non-hydrogen) atoms. The summed E-state index contributed by atoms with van der Waals surface area (Å²) in [7, 11) is 0. The number of benzene rings is 5. The zero-order valence-corrected chi connectivity index (χ0v) is 27.2. The summed E-state index contributed by atoms with van der Waals surface area (Å²) in [4.78, 5) is 17.2. The standard InChI is InChI=1S/C42H34N4O4/c47-42(50-30-33-17-8-3-9-18-33)44-36-20-12-19-34(25-36)37-27-38(46(45-37)41-21-10-11-24-43-41)35-22-23-39(48-28-31-13-4-1-5-14-31)40(26-35)49-29-32-15-6-2-7-16-32/h1-27H,28-30H2,(H,44,47). The van der Waals surface area contributed by atoms with Gasteiger partial charge in [-0.15, -0.1) is 0 Å². The first kappa shape index (κ1) is 31.9. The Labute approximate surface area is 290 Å². The van der Waals surface area contributed by atoms with Crippen LogP contribution in [0.15, 0.2) is 164 Å². The normalized spacial score (nSPS) is 10.7. The maximum Gasteiger partial charge on any atom is 0.411 e. The first-order valence-electron chi connectivity index (χ1n) is 16.3. The Morgan fingerprint density at radius 2 is 1.22 bits per heavy atom. The fourth-order valence-corrected chi connectivity index (χ4v) is 5.38. The molecule has 7 aromatic rings. The molecule has 2 aromatic heterocycles. The number of nitrogens with one attached hydrogen (secondary N) is 1. The number of hydrogen-bond acceptors (Lipinski definition) is 6. The summed E-state index contributed by atoms with van der Waals surface area (Å²) < 4.78 is 19.9. The van der Waals surface area contributed by atoms with E-state index >= 15 is 0 Å². The number of rotatable bonds is 12. The first-order chi connectivity index (χ1) is 24.7. The van der Waals surface area contributed by atoms with Gasteiger partial charge in [0.05, 0.1) is 11.4 Å². The van der Waals surface area contributed by atoms with Crippen molar-refractivity contribution in [3.05, 3.63) is 181 Å². The molecule has 2 heterocycles. The molecule has 8 nitrogen and oxygen atoms in total. The van der Waals surface area contributed by atoms with Gasteiger partial charge in [0.25, 0.3) is 0 Å². The lowest BCUT2D eigenvalue weighted by atomic mass is 10.1. The van der Waals surface area contributed by atoms with Crippen molar-refractivity contribution in [3.63, 3.8) is 0 Å². The van der Waals surface area contributed by atoms with E-state index < -0.39 is 6.09 Å². The van der Waals surface area contributed by atoms with Gasteiger partial charge < -0.3 is 14.2 Å². The number of carbonyl (C=O) groups excluding carboxylic acids is 1. The second-order valence-electron chi connectivity index (χ2n) is 11.5. The molecule has 0 saturated heterocycles. The van der Waals surface area contributed by atoms with Crippen LogP contribution in [0.5, 0.6) is 11.5 Å². The molecule has 1 amide bonds. The van der Waals surface area contributed by atoms with Crippen LogP contribution in [0.25, 0.3) is 28.3 Å². The summed E-state index contributed by atoms with van der Waals surface area (Å²) in [6, 6.07) is 50.7. The van der Waals surface area contributed by atoms with Crippen LogP contribution in [0.1, 0.15) is 16.7 Å². The summed E-state index contributed by atoms with van der Waals surface area (Å²) >= 11 is 0. The quantitative estimate of drug-likeness (QED) is 0.141.